The van der Waals surface area contributed by atoms with E-state index in [0.29, 0.717) is 12.1 Å². The number of alkyl halides is 3. The molecule has 2 heterocycles. The van der Waals surface area contributed by atoms with Crippen LogP contribution in [0.1, 0.15) is 16.1 Å². The van der Waals surface area contributed by atoms with Gasteiger partial charge in [0, 0.05) is 0 Å². The largest absolute Gasteiger partial charge is 1.00 e. The van der Waals surface area contributed by atoms with Crippen molar-refractivity contribution in [1.82, 2.24) is 19.7 Å². The van der Waals surface area contributed by atoms with Crippen molar-refractivity contribution in [2.75, 3.05) is 26.6 Å². The van der Waals surface area contributed by atoms with E-state index in [9.17, 15) is 31.2 Å². The average molecular weight is 488 g/mol. The van der Waals surface area contributed by atoms with Crippen molar-refractivity contribution in [2.45, 2.75) is 11.2 Å². The van der Waals surface area contributed by atoms with Crippen molar-refractivity contribution in [1.29, 1.82) is 0 Å². The van der Waals surface area contributed by atoms with Crippen molar-refractivity contribution in [3.05, 3.63) is 29.5 Å². The molecule has 2 N–H and O–H groups in total. The van der Waals surface area contributed by atoms with E-state index < -0.39 is 50.4 Å². The molecule has 0 unspecified atom stereocenters. The molecule has 32 heavy (non-hydrogen) atoms. The Morgan fingerprint density at radius 1 is 1.00 bits per heavy atom. The smallest absolute Gasteiger partial charge is 0.481 e. The molecule has 0 fully saturated rings. The number of nitrogens with one attached hydrogen (secondary N) is 2. The van der Waals surface area contributed by atoms with Crippen molar-refractivity contribution in [2.24, 2.45) is 0 Å². The minimum Gasteiger partial charge on any atom is -0.481 e. The number of methoxy groups -OCH3 is 3. The maximum atomic E-state index is 13.0. The first-order valence-electron chi connectivity index (χ1n) is 7.88. The summed E-state index contributed by atoms with van der Waals surface area (Å²) in [6, 6.07) is 0.742. The van der Waals surface area contributed by atoms with E-state index in [2.05, 4.69) is 19.7 Å². The third kappa shape index (κ3) is 6.65. The minimum atomic E-state index is -5.07. The molecule has 0 aliphatic rings. The molecule has 12 nitrogen and oxygen atoms in total. The number of hydrogen-bond donors (Lipinski definition) is 2. The normalized spacial score (nSPS) is 11.1. The Kier molecular flexibility index (Phi) is 9.19. The number of sulfonamides is 1. The number of ether oxygens (including phenoxy) is 3. The van der Waals surface area contributed by atoms with Gasteiger partial charge < -0.3 is 14.2 Å². The standard InChI is InChI=1S/C15H14F3N5O7S.Na/c1-28-9-6-10(29-2)21-13(20-9)22-14(25)23-31(26,27)11-7(12(24)30-3)4-5-8(19-11)15(16,17)18;/h4-6H,1-3H3,(H2,20,21,22,23,25);/q;+1. The fraction of sp³-hybridized carbons (Fsp3) is 0.267. The van der Waals surface area contributed by atoms with E-state index in [1.165, 1.54) is 25.0 Å². The zero-order chi connectivity index (χ0) is 23.4. The molecular weight excluding hydrogens is 474 g/mol. The van der Waals surface area contributed by atoms with E-state index in [1.807, 2.05) is 5.32 Å². The number of carbonyl (C=O) groups is 2. The second-order valence-corrected chi connectivity index (χ2v) is 6.97. The maximum absolute atomic E-state index is 13.0. The number of urea groups is 1. The van der Waals surface area contributed by atoms with Gasteiger partial charge in [-0.15, -0.1) is 0 Å². The molecule has 0 atom stereocenters. The van der Waals surface area contributed by atoms with Gasteiger partial charge in [-0.05, 0) is 12.1 Å². The Hall–Kier alpha value is -2.69. The van der Waals surface area contributed by atoms with Gasteiger partial charge in [0.25, 0.3) is 10.0 Å². The van der Waals surface area contributed by atoms with Crippen LogP contribution in [0.3, 0.4) is 0 Å². The Labute approximate surface area is 201 Å². The van der Waals surface area contributed by atoms with Gasteiger partial charge in [0.2, 0.25) is 17.7 Å². The van der Waals surface area contributed by atoms with Crippen LogP contribution in [-0.2, 0) is 20.9 Å². The van der Waals surface area contributed by atoms with Gasteiger partial charge in [0.15, 0.2) is 5.03 Å². The molecule has 0 aromatic carbocycles. The molecule has 0 aliphatic carbocycles. The third-order valence-corrected chi connectivity index (χ3v) is 4.63. The monoisotopic (exact) mass is 488 g/mol. The van der Waals surface area contributed by atoms with Crippen LogP contribution in [0.4, 0.5) is 23.9 Å². The second kappa shape index (κ2) is 10.8. The van der Waals surface area contributed by atoms with Gasteiger partial charge >= 0.3 is 47.7 Å². The van der Waals surface area contributed by atoms with E-state index in [4.69, 9.17) is 9.47 Å². The molecule has 2 amide bonds. The summed E-state index contributed by atoms with van der Waals surface area (Å²) < 4.78 is 79.3. The van der Waals surface area contributed by atoms with E-state index in [0.717, 1.165) is 7.11 Å². The molecular formula is C15H14F3N5NaO7S+. The minimum absolute atomic E-state index is 0. The van der Waals surface area contributed by atoms with Gasteiger partial charge in [-0.2, -0.15) is 31.6 Å². The number of carbonyl (C=O) groups excluding carboxylic acids is 2. The quantitative estimate of drug-likeness (QED) is 0.351. The van der Waals surface area contributed by atoms with Gasteiger partial charge in [0.05, 0.1) is 33.0 Å². The number of esters is 1. The number of anilines is 1. The number of hydrogen-bond acceptors (Lipinski definition) is 10. The first-order valence-corrected chi connectivity index (χ1v) is 9.37. The van der Waals surface area contributed by atoms with Gasteiger partial charge in [-0.25, -0.2) is 19.3 Å². The fourth-order valence-corrected chi connectivity index (χ4v) is 3.09. The van der Waals surface area contributed by atoms with Crippen LogP contribution in [0.25, 0.3) is 0 Å². The number of amides is 2. The van der Waals surface area contributed by atoms with Gasteiger partial charge in [0.1, 0.15) is 5.69 Å². The molecule has 0 radical (unpaired) electrons. The van der Waals surface area contributed by atoms with Crippen LogP contribution in [0.2, 0.25) is 0 Å². The van der Waals surface area contributed by atoms with Crippen molar-refractivity contribution in [3.63, 3.8) is 0 Å². The fourth-order valence-electron chi connectivity index (χ4n) is 2.03. The van der Waals surface area contributed by atoms with E-state index >= 15 is 0 Å². The number of aromatic nitrogens is 3. The zero-order valence-corrected chi connectivity index (χ0v) is 19.8. The molecule has 2 aromatic rings. The van der Waals surface area contributed by atoms with Crippen LogP contribution < -0.4 is 49.1 Å². The Morgan fingerprint density at radius 2 is 1.56 bits per heavy atom. The summed E-state index contributed by atoms with van der Waals surface area (Å²) in [6.45, 7) is 0. The molecule has 168 valence electrons. The van der Waals surface area contributed by atoms with Crippen molar-refractivity contribution >= 4 is 28.0 Å². The summed E-state index contributed by atoms with van der Waals surface area (Å²) in [5.41, 5.74) is -2.43. The predicted octanol–water partition coefficient (Wildman–Crippen LogP) is -1.79. The average Bonchev–Trinajstić information content (AvgIpc) is 2.71. The summed E-state index contributed by atoms with van der Waals surface area (Å²) >= 11 is 0. The van der Waals surface area contributed by atoms with Gasteiger partial charge in [-0.1, -0.05) is 0 Å². The first kappa shape index (κ1) is 27.3. The molecule has 2 aromatic heterocycles. The number of rotatable bonds is 6. The summed E-state index contributed by atoms with van der Waals surface area (Å²) in [7, 11) is -1.69. The second-order valence-electron chi connectivity index (χ2n) is 5.37. The molecule has 0 saturated carbocycles. The van der Waals surface area contributed by atoms with Gasteiger partial charge in [-0.3, -0.25) is 5.32 Å². The first-order chi connectivity index (χ1) is 14.4. The van der Waals surface area contributed by atoms with E-state index in [-0.39, 0.29) is 41.3 Å². The molecule has 0 spiro atoms. The van der Waals surface area contributed by atoms with Crippen molar-refractivity contribution < 1.29 is 74.9 Å². The Bertz CT molecular complexity index is 1090. The van der Waals surface area contributed by atoms with Crippen molar-refractivity contribution in [3.8, 4) is 11.8 Å². The molecule has 0 saturated heterocycles. The molecule has 0 aliphatic heterocycles. The van der Waals surface area contributed by atoms with Crippen LogP contribution in [0, 0.1) is 0 Å². The van der Waals surface area contributed by atoms with Crippen LogP contribution in [0.5, 0.6) is 11.8 Å². The Morgan fingerprint density at radius 3 is 2.03 bits per heavy atom. The molecule has 0 bridgehead atoms. The summed E-state index contributed by atoms with van der Waals surface area (Å²) in [6.07, 6.45) is -5.02. The summed E-state index contributed by atoms with van der Waals surface area (Å²) in [5.74, 6) is -1.83. The maximum Gasteiger partial charge on any atom is 1.00 e. The zero-order valence-electron chi connectivity index (χ0n) is 17.0. The number of nitrogens with zero attached hydrogens (tertiary/aromatic N) is 3. The SMILES string of the molecule is COC(=O)c1ccc(C(F)(F)F)nc1S(=O)(=O)NC(=O)Nc1nc(OC)cc(OC)n1.[Na+]. The van der Waals surface area contributed by atoms with Crippen LogP contribution in [-0.4, -0.2) is 56.7 Å². The number of pyridine rings is 1. The Balaban J connectivity index is 0.00000512. The van der Waals surface area contributed by atoms with Crippen LogP contribution >= 0.6 is 0 Å². The summed E-state index contributed by atoms with van der Waals surface area (Å²) in [5, 5.41) is 0.580. The summed E-state index contributed by atoms with van der Waals surface area (Å²) in [4.78, 5) is 34.3. The van der Waals surface area contributed by atoms with Crippen LogP contribution in [0.15, 0.2) is 23.2 Å². The number of halogens is 3. The van der Waals surface area contributed by atoms with E-state index in [1.54, 1.807) is 0 Å². The third-order valence-electron chi connectivity index (χ3n) is 3.36. The topological polar surface area (TPSA) is 159 Å². The molecule has 17 heteroatoms. The predicted molar refractivity (Wildman–Crippen MR) is 95.1 cm³/mol. The molecule has 2 rings (SSSR count).